The number of hydrogen-bond acceptors (Lipinski definition) is 4. The van der Waals surface area contributed by atoms with E-state index in [1.54, 1.807) is 6.92 Å². The topological polar surface area (TPSA) is 95.7 Å². The number of nitrogens with zero attached hydrogens (tertiary/aromatic N) is 2. The van der Waals surface area contributed by atoms with Crippen LogP contribution in [0.4, 0.5) is 16.2 Å². The summed E-state index contributed by atoms with van der Waals surface area (Å²) >= 11 is 0. The standard InChI is InChI=1S/C17H19N3O4/c1-13(21)11-19(12-14-5-3-2-4-6-14)17(22)18-15-7-9-16(10-8-15)20(23)24/h2-10,13,21H,11-12H2,1H3,(H,18,22). The van der Waals surface area contributed by atoms with E-state index >= 15 is 0 Å². The van der Waals surface area contributed by atoms with Crippen LogP contribution in [-0.2, 0) is 6.54 Å². The fourth-order valence-electron chi connectivity index (χ4n) is 2.21. The molecule has 0 aromatic heterocycles. The van der Waals surface area contributed by atoms with Gasteiger partial charge in [-0.3, -0.25) is 10.1 Å². The van der Waals surface area contributed by atoms with Crippen molar-refractivity contribution < 1.29 is 14.8 Å². The first-order valence-corrected chi connectivity index (χ1v) is 7.48. The number of aliphatic hydroxyl groups excluding tert-OH is 1. The van der Waals surface area contributed by atoms with Crippen molar-refractivity contribution in [3.05, 3.63) is 70.3 Å². The van der Waals surface area contributed by atoms with Crippen molar-refractivity contribution in [2.75, 3.05) is 11.9 Å². The Morgan fingerprint density at radius 2 is 1.83 bits per heavy atom. The summed E-state index contributed by atoms with van der Waals surface area (Å²) in [5, 5.41) is 23.0. The van der Waals surface area contributed by atoms with Gasteiger partial charge < -0.3 is 15.3 Å². The van der Waals surface area contributed by atoms with Crippen molar-refractivity contribution in [2.24, 2.45) is 0 Å². The molecule has 24 heavy (non-hydrogen) atoms. The number of nitrogens with one attached hydrogen (secondary N) is 1. The van der Waals surface area contributed by atoms with Crippen LogP contribution >= 0.6 is 0 Å². The largest absolute Gasteiger partial charge is 0.392 e. The number of rotatable bonds is 6. The lowest BCUT2D eigenvalue weighted by atomic mass is 10.2. The molecule has 0 aliphatic rings. The molecule has 0 aliphatic heterocycles. The van der Waals surface area contributed by atoms with E-state index in [4.69, 9.17) is 0 Å². The zero-order valence-corrected chi connectivity index (χ0v) is 13.3. The summed E-state index contributed by atoms with van der Waals surface area (Å²) in [5.41, 5.74) is 1.35. The molecule has 0 radical (unpaired) electrons. The second-order valence-electron chi connectivity index (χ2n) is 5.45. The predicted octanol–water partition coefficient (Wildman–Crippen LogP) is 3.01. The molecule has 0 aliphatic carbocycles. The van der Waals surface area contributed by atoms with Gasteiger partial charge in [-0.05, 0) is 24.6 Å². The molecule has 0 heterocycles. The van der Waals surface area contributed by atoms with Crippen molar-refractivity contribution >= 4 is 17.4 Å². The highest BCUT2D eigenvalue weighted by atomic mass is 16.6. The number of amides is 2. The maximum absolute atomic E-state index is 12.4. The van der Waals surface area contributed by atoms with E-state index in [-0.39, 0.29) is 18.3 Å². The molecule has 2 N–H and O–H groups in total. The van der Waals surface area contributed by atoms with Gasteiger partial charge in [-0.15, -0.1) is 0 Å². The Morgan fingerprint density at radius 1 is 1.21 bits per heavy atom. The average molecular weight is 329 g/mol. The summed E-state index contributed by atoms with van der Waals surface area (Å²) in [6, 6.07) is 14.7. The van der Waals surface area contributed by atoms with Crippen LogP contribution in [-0.4, -0.2) is 33.6 Å². The number of carbonyl (C=O) groups excluding carboxylic acids is 1. The minimum Gasteiger partial charge on any atom is -0.392 e. The van der Waals surface area contributed by atoms with Crippen molar-refractivity contribution in [3.63, 3.8) is 0 Å². The van der Waals surface area contributed by atoms with E-state index in [9.17, 15) is 20.0 Å². The highest BCUT2D eigenvalue weighted by molar-refractivity contribution is 5.89. The molecule has 2 rings (SSSR count). The zero-order valence-electron chi connectivity index (χ0n) is 13.3. The van der Waals surface area contributed by atoms with Gasteiger partial charge in [0, 0.05) is 30.9 Å². The summed E-state index contributed by atoms with van der Waals surface area (Å²) in [4.78, 5) is 24.1. The normalized spacial score (nSPS) is 11.6. The molecule has 1 atom stereocenters. The number of anilines is 1. The second kappa shape index (κ2) is 8.07. The first-order chi connectivity index (χ1) is 11.5. The van der Waals surface area contributed by atoms with Gasteiger partial charge >= 0.3 is 6.03 Å². The van der Waals surface area contributed by atoms with Gasteiger partial charge in [-0.1, -0.05) is 30.3 Å². The number of benzene rings is 2. The van der Waals surface area contributed by atoms with Gasteiger partial charge in [0.2, 0.25) is 0 Å². The number of urea groups is 1. The van der Waals surface area contributed by atoms with Gasteiger partial charge in [0.05, 0.1) is 11.0 Å². The Morgan fingerprint density at radius 3 is 2.38 bits per heavy atom. The minimum absolute atomic E-state index is 0.0434. The number of hydrogen-bond donors (Lipinski definition) is 2. The van der Waals surface area contributed by atoms with Gasteiger partial charge in [-0.25, -0.2) is 4.79 Å². The van der Waals surface area contributed by atoms with Crippen molar-refractivity contribution in [3.8, 4) is 0 Å². The van der Waals surface area contributed by atoms with Crippen LogP contribution in [0.2, 0.25) is 0 Å². The molecule has 7 heteroatoms. The predicted molar refractivity (Wildman–Crippen MR) is 90.6 cm³/mol. The van der Waals surface area contributed by atoms with Crippen LogP contribution in [0.3, 0.4) is 0 Å². The maximum atomic E-state index is 12.4. The summed E-state index contributed by atoms with van der Waals surface area (Å²) in [7, 11) is 0. The number of nitro groups is 1. The Bertz CT molecular complexity index is 687. The Kier molecular flexibility index (Phi) is 5.86. The minimum atomic E-state index is -0.670. The summed E-state index contributed by atoms with van der Waals surface area (Å²) in [6.45, 7) is 2.13. The van der Waals surface area contributed by atoms with Gasteiger partial charge in [0.25, 0.3) is 5.69 Å². The third-order valence-electron chi connectivity index (χ3n) is 3.32. The van der Waals surface area contributed by atoms with Crippen molar-refractivity contribution in [1.29, 1.82) is 0 Å². The fourth-order valence-corrected chi connectivity index (χ4v) is 2.21. The Labute approximate surface area is 139 Å². The van der Waals surface area contributed by atoms with Crippen LogP contribution in [0, 0.1) is 10.1 Å². The quantitative estimate of drug-likeness (QED) is 0.629. The highest BCUT2D eigenvalue weighted by Gasteiger charge is 2.16. The van der Waals surface area contributed by atoms with Crippen LogP contribution in [0.15, 0.2) is 54.6 Å². The van der Waals surface area contributed by atoms with Crippen LogP contribution in [0.1, 0.15) is 12.5 Å². The van der Waals surface area contributed by atoms with Crippen molar-refractivity contribution in [1.82, 2.24) is 4.90 Å². The maximum Gasteiger partial charge on any atom is 0.322 e. The van der Waals surface area contributed by atoms with Gasteiger partial charge in [0.1, 0.15) is 0 Å². The molecular weight excluding hydrogens is 310 g/mol. The lowest BCUT2D eigenvalue weighted by molar-refractivity contribution is -0.384. The molecule has 2 aromatic rings. The van der Waals surface area contributed by atoms with Gasteiger partial charge in [0.15, 0.2) is 0 Å². The third kappa shape index (κ3) is 5.06. The van der Waals surface area contributed by atoms with E-state index in [0.29, 0.717) is 12.2 Å². The first kappa shape index (κ1) is 17.4. The van der Waals surface area contributed by atoms with Crippen LogP contribution in [0.5, 0.6) is 0 Å². The van der Waals surface area contributed by atoms with Crippen LogP contribution in [0.25, 0.3) is 0 Å². The molecule has 126 valence electrons. The SMILES string of the molecule is CC(O)CN(Cc1ccccc1)C(=O)Nc1ccc([N+](=O)[O-])cc1. The number of aliphatic hydroxyl groups is 1. The fraction of sp³-hybridized carbons (Fsp3) is 0.235. The molecule has 1 unspecified atom stereocenters. The van der Waals surface area contributed by atoms with E-state index in [1.165, 1.54) is 29.2 Å². The molecule has 0 fully saturated rings. The Hall–Kier alpha value is -2.93. The molecule has 0 saturated carbocycles. The van der Waals surface area contributed by atoms with E-state index in [1.807, 2.05) is 30.3 Å². The second-order valence-corrected chi connectivity index (χ2v) is 5.45. The van der Waals surface area contributed by atoms with Crippen LogP contribution < -0.4 is 5.32 Å². The molecule has 0 saturated heterocycles. The van der Waals surface area contributed by atoms with E-state index < -0.39 is 11.0 Å². The molecular formula is C17H19N3O4. The monoisotopic (exact) mass is 329 g/mol. The summed E-state index contributed by atoms with van der Waals surface area (Å²) in [5.74, 6) is 0. The number of nitro benzene ring substituents is 1. The van der Waals surface area contributed by atoms with Crippen molar-refractivity contribution in [2.45, 2.75) is 19.6 Å². The number of carbonyl (C=O) groups is 1. The molecule has 0 spiro atoms. The molecule has 2 amide bonds. The third-order valence-corrected chi connectivity index (χ3v) is 3.32. The highest BCUT2D eigenvalue weighted by Crippen LogP contribution is 2.16. The lowest BCUT2D eigenvalue weighted by Crippen LogP contribution is -2.39. The number of non-ortho nitro benzene ring substituents is 1. The molecule has 0 bridgehead atoms. The molecule has 7 nitrogen and oxygen atoms in total. The summed E-state index contributed by atoms with van der Waals surface area (Å²) in [6.07, 6.45) is -0.670. The molecule has 2 aromatic carbocycles. The smallest absolute Gasteiger partial charge is 0.322 e. The Balaban J connectivity index is 2.07. The van der Waals surface area contributed by atoms with Gasteiger partial charge in [-0.2, -0.15) is 0 Å². The lowest BCUT2D eigenvalue weighted by Gasteiger charge is -2.24. The van der Waals surface area contributed by atoms with E-state index in [0.717, 1.165) is 5.56 Å². The summed E-state index contributed by atoms with van der Waals surface area (Å²) < 4.78 is 0. The first-order valence-electron chi connectivity index (χ1n) is 7.48. The average Bonchev–Trinajstić information content (AvgIpc) is 2.55. The zero-order chi connectivity index (χ0) is 17.5. The van der Waals surface area contributed by atoms with E-state index in [2.05, 4.69) is 5.32 Å².